The number of carbonyl (C=O) groups is 1. The molecule has 0 bridgehead atoms. The molecule has 0 radical (unpaired) electrons. The summed E-state index contributed by atoms with van der Waals surface area (Å²) in [6.07, 6.45) is 1.31. The van der Waals surface area contributed by atoms with E-state index in [1.165, 1.54) is 37.6 Å². The molecule has 0 spiro atoms. The number of carbonyl (C=O) groups excluding carboxylic acids is 1. The SMILES string of the molecule is COc1cc(C2NC(=S)NC(C)=C2C(=O)NN=Cc2cccc([N+](=O)[O-])c2)ccc1O. The summed E-state index contributed by atoms with van der Waals surface area (Å²) < 4.78 is 5.15. The first-order valence-corrected chi connectivity index (χ1v) is 9.44. The summed E-state index contributed by atoms with van der Waals surface area (Å²) in [5.74, 6) is -0.278. The van der Waals surface area contributed by atoms with Crippen molar-refractivity contribution in [2.45, 2.75) is 13.0 Å². The molecule has 0 aromatic heterocycles. The number of benzene rings is 2. The van der Waals surface area contributed by atoms with E-state index in [4.69, 9.17) is 17.0 Å². The zero-order valence-corrected chi connectivity index (χ0v) is 17.4. The van der Waals surface area contributed by atoms with Gasteiger partial charge in [0.2, 0.25) is 0 Å². The van der Waals surface area contributed by atoms with Crippen LogP contribution in [0.5, 0.6) is 11.5 Å². The van der Waals surface area contributed by atoms with Crippen molar-refractivity contribution in [2.75, 3.05) is 7.11 Å². The number of hydrogen-bond donors (Lipinski definition) is 4. The second-order valence-electron chi connectivity index (χ2n) is 6.55. The summed E-state index contributed by atoms with van der Waals surface area (Å²) in [5.41, 5.74) is 4.32. The molecule has 31 heavy (non-hydrogen) atoms. The van der Waals surface area contributed by atoms with Crippen LogP contribution in [0.3, 0.4) is 0 Å². The van der Waals surface area contributed by atoms with Crippen LogP contribution >= 0.6 is 12.2 Å². The molecule has 1 aliphatic heterocycles. The first-order chi connectivity index (χ1) is 14.8. The normalized spacial score (nSPS) is 15.9. The molecule has 1 atom stereocenters. The average Bonchev–Trinajstić information content (AvgIpc) is 2.73. The van der Waals surface area contributed by atoms with Crippen LogP contribution in [-0.2, 0) is 4.79 Å². The number of hydrogen-bond acceptors (Lipinski definition) is 7. The summed E-state index contributed by atoms with van der Waals surface area (Å²) in [7, 11) is 1.43. The van der Waals surface area contributed by atoms with Gasteiger partial charge in [-0.1, -0.05) is 18.2 Å². The monoisotopic (exact) mass is 441 g/mol. The Morgan fingerprint density at radius 2 is 2.13 bits per heavy atom. The van der Waals surface area contributed by atoms with Crippen LogP contribution in [0, 0.1) is 10.1 Å². The number of nitrogens with zero attached hydrogens (tertiary/aromatic N) is 2. The number of phenols is 1. The van der Waals surface area contributed by atoms with Gasteiger partial charge in [0, 0.05) is 23.4 Å². The highest BCUT2D eigenvalue weighted by atomic mass is 32.1. The summed E-state index contributed by atoms with van der Waals surface area (Å²) in [4.78, 5) is 23.3. The van der Waals surface area contributed by atoms with Crippen molar-refractivity contribution in [3.8, 4) is 11.5 Å². The molecule has 0 saturated heterocycles. The van der Waals surface area contributed by atoms with Crippen LogP contribution in [0.4, 0.5) is 5.69 Å². The van der Waals surface area contributed by atoms with Crippen LogP contribution in [0.25, 0.3) is 0 Å². The fourth-order valence-corrected chi connectivity index (χ4v) is 3.33. The van der Waals surface area contributed by atoms with Crippen molar-refractivity contribution in [2.24, 2.45) is 5.10 Å². The molecule has 0 fully saturated rings. The maximum Gasteiger partial charge on any atom is 0.271 e. The zero-order chi connectivity index (χ0) is 22.5. The summed E-state index contributed by atoms with van der Waals surface area (Å²) in [6, 6.07) is 9.96. The predicted octanol–water partition coefficient (Wildman–Crippen LogP) is 2.25. The Balaban J connectivity index is 1.85. The summed E-state index contributed by atoms with van der Waals surface area (Å²) >= 11 is 5.22. The highest BCUT2D eigenvalue weighted by molar-refractivity contribution is 7.80. The van der Waals surface area contributed by atoms with Gasteiger partial charge in [-0.05, 0) is 36.8 Å². The first kappa shape index (κ1) is 21.7. The van der Waals surface area contributed by atoms with Gasteiger partial charge >= 0.3 is 0 Å². The zero-order valence-electron chi connectivity index (χ0n) is 16.6. The molecule has 1 amide bonds. The van der Waals surface area contributed by atoms with Crippen molar-refractivity contribution in [1.29, 1.82) is 0 Å². The standard InChI is InChI=1S/C20H19N5O5S/c1-11-17(19(27)24-21-10-12-4-3-5-14(8-12)25(28)29)18(23-20(31)22-11)13-6-7-15(26)16(9-13)30-2/h3-10,18,26H,1-2H3,(H,24,27)(H2,22,23,31). The topological polar surface area (TPSA) is 138 Å². The molecule has 1 unspecified atom stereocenters. The Bertz CT molecular complexity index is 1110. The van der Waals surface area contributed by atoms with E-state index in [2.05, 4.69) is 21.2 Å². The molecule has 4 N–H and O–H groups in total. The van der Waals surface area contributed by atoms with E-state index < -0.39 is 16.9 Å². The lowest BCUT2D eigenvalue weighted by Gasteiger charge is -2.30. The van der Waals surface area contributed by atoms with E-state index in [0.717, 1.165) is 0 Å². The molecule has 10 nitrogen and oxygen atoms in total. The van der Waals surface area contributed by atoms with Crippen LogP contribution in [-0.4, -0.2) is 34.4 Å². The second kappa shape index (κ2) is 9.22. The lowest BCUT2D eigenvalue weighted by atomic mass is 9.95. The number of amides is 1. The number of allylic oxidation sites excluding steroid dienone is 1. The number of hydrazone groups is 1. The third-order valence-corrected chi connectivity index (χ3v) is 4.73. The third-order valence-electron chi connectivity index (χ3n) is 4.51. The van der Waals surface area contributed by atoms with Crippen molar-refractivity contribution < 1.29 is 19.6 Å². The lowest BCUT2D eigenvalue weighted by Crippen LogP contribution is -2.46. The van der Waals surface area contributed by atoms with E-state index in [1.807, 2.05) is 0 Å². The number of nitro benzene ring substituents is 1. The molecular weight excluding hydrogens is 422 g/mol. The van der Waals surface area contributed by atoms with Gasteiger partial charge in [-0.3, -0.25) is 14.9 Å². The Hall–Kier alpha value is -3.99. The number of phenolic OH excluding ortho intramolecular Hbond substituents is 1. The fraction of sp³-hybridized carbons (Fsp3) is 0.150. The molecule has 11 heteroatoms. The molecule has 2 aromatic rings. The van der Waals surface area contributed by atoms with E-state index in [0.29, 0.717) is 27.5 Å². The van der Waals surface area contributed by atoms with Gasteiger partial charge < -0.3 is 20.5 Å². The second-order valence-corrected chi connectivity index (χ2v) is 6.96. The van der Waals surface area contributed by atoms with Gasteiger partial charge in [0.05, 0.1) is 29.9 Å². The quantitative estimate of drug-likeness (QED) is 0.232. The predicted molar refractivity (Wildman–Crippen MR) is 118 cm³/mol. The number of aromatic hydroxyl groups is 1. The lowest BCUT2D eigenvalue weighted by molar-refractivity contribution is -0.384. The molecule has 160 valence electrons. The Morgan fingerprint density at radius 3 is 2.84 bits per heavy atom. The minimum Gasteiger partial charge on any atom is -0.504 e. The maximum atomic E-state index is 12.9. The number of methoxy groups -OCH3 is 1. The van der Waals surface area contributed by atoms with Crippen molar-refractivity contribution in [3.63, 3.8) is 0 Å². The Kier molecular flexibility index (Phi) is 6.46. The molecule has 0 saturated carbocycles. The molecule has 1 aliphatic rings. The van der Waals surface area contributed by atoms with Gasteiger partial charge in [0.1, 0.15) is 0 Å². The Labute approximate surface area is 182 Å². The fourth-order valence-electron chi connectivity index (χ4n) is 3.06. The molecular formula is C20H19N5O5S. The van der Waals surface area contributed by atoms with Gasteiger partial charge in [0.15, 0.2) is 16.6 Å². The van der Waals surface area contributed by atoms with Gasteiger partial charge in [-0.25, -0.2) is 5.43 Å². The minimum absolute atomic E-state index is 0.0315. The smallest absolute Gasteiger partial charge is 0.271 e. The average molecular weight is 441 g/mol. The van der Waals surface area contributed by atoms with E-state index in [9.17, 15) is 20.0 Å². The number of thiocarbonyl (C=S) groups is 1. The molecule has 1 heterocycles. The van der Waals surface area contributed by atoms with E-state index >= 15 is 0 Å². The number of nitrogens with one attached hydrogen (secondary N) is 3. The van der Waals surface area contributed by atoms with Crippen LogP contribution < -0.4 is 20.8 Å². The van der Waals surface area contributed by atoms with Gasteiger partial charge in [0.25, 0.3) is 11.6 Å². The first-order valence-electron chi connectivity index (χ1n) is 9.03. The largest absolute Gasteiger partial charge is 0.504 e. The minimum atomic E-state index is -0.615. The van der Waals surface area contributed by atoms with Crippen molar-refractivity contribution in [1.82, 2.24) is 16.1 Å². The van der Waals surface area contributed by atoms with Crippen LogP contribution in [0.1, 0.15) is 24.1 Å². The van der Waals surface area contributed by atoms with E-state index in [1.54, 1.807) is 25.1 Å². The van der Waals surface area contributed by atoms with E-state index in [-0.39, 0.29) is 17.2 Å². The summed E-state index contributed by atoms with van der Waals surface area (Å²) in [5, 5.41) is 30.9. The molecule has 3 rings (SSSR count). The van der Waals surface area contributed by atoms with Crippen molar-refractivity contribution >= 4 is 35.1 Å². The molecule has 0 aliphatic carbocycles. The highest BCUT2D eigenvalue weighted by Crippen LogP contribution is 2.33. The Morgan fingerprint density at radius 1 is 1.35 bits per heavy atom. The number of nitro groups is 1. The number of non-ortho nitro benzene ring substituents is 1. The van der Waals surface area contributed by atoms with Gasteiger partial charge in [-0.15, -0.1) is 0 Å². The summed E-state index contributed by atoms with van der Waals surface area (Å²) in [6.45, 7) is 1.71. The van der Waals surface area contributed by atoms with Gasteiger partial charge in [-0.2, -0.15) is 5.10 Å². The van der Waals surface area contributed by atoms with Crippen molar-refractivity contribution in [3.05, 3.63) is 75.0 Å². The molecule has 2 aromatic carbocycles. The third kappa shape index (κ3) is 4.95. The maximum absolute atomic E-state index is 12.9. The van der Waals surface area contributed by atoms with Crippen LogP contribution in [0.2, 0.25) is 0 Å². The van der Waals surface area contributed by atoms with Crippen LogP contribution in [0.15, 0.2) is 58.8 Å². The number of ether oxygens (including phenoxy) is 1. The number of rotatable bonds is 6. The highest BCUT2D eigenvalue weighted by Gasteiger charge is 2.30.